The van der Waals surface area contributed by atoms with Gasteiger partial charge in [0, 0.05) is 25.1 Å². The Labute approximate surface area is 82.7 Å². The third-order valence-corrected chi connectivity index (χ3v) is 2.56. The van der Waals surface area contributed by atoms with Crippen LogP contribution in [0.3, 0.4) is 0 Å². The van der Waals surface area contributed by atoms with Gasteiger partial charge in [0.25, 0.3) is 0 Å². The van der Waals surface area contributed by atoms with E-state index in [4.69, 9.17) is 4.74 Å². The van der Waals surface area contributed by atoms with Gasteiger partial charge in [-0.05, 0) is 18.9 Å². The van der Waals surface area contributed by atoms with Crippen molar-refractivity contribution in [1.82, 2.24) is 10.2 Å². The van der Waals surface area contributed by atoms with Gasteiger partial charge in [-0.1, -0.05) is 0 Å². The van der Waals surface area contributed by atoms with E-state index in [1.165, 1.54) is 6.92 Å². The molecule has 0 bridgehead atoms. The molecule has 1 aromatic heterocycles. The van der Waals surface area contributed by atoms with Gasteiger partial charge in [-0.15, -0.1) is 0 Å². The summed E-state index contributed by atoms with van der Waals surface area (Å²) >= 11 is 0. The second-order valence-corrected chi connectivity index (χ2v) is 3.68. The lowest BCUT2D eigenvalue weighted by Crippen LogP contribution is -2.15. The molecule has 0 aromatic carbocycles. The van der Waals surface area contributed by atoms with Gasteiger partial charge in [-0.25, -0.2) is 0 Å². The number of Topliss-reactive ketones (excluding diaryl/α,β-unsaturated/α-hetero) is 1. The first-order chi connectivity index (χ1) is 6.77. The third kappa shape index (κ3) is 1.85. The summed E-state index contributed by atoms with van der Waals surface area (Å²) in [6, 6.07) is 1.84. The standard InChI is InChI=1S/C10H14N2O2/c1-7(13)9-5-10(12-11-9)8-3-2-4-14-6-8/h5,8H,2-4,6H2,1H3,(H,11,12). The zero-order chi connectivity index (χ0) is 9.97. The highest BCUT2D eigenvalue weighted by Gasteiger charge is 2.18. The molecule has 4 heteroatoms. The van der Waals surface area contributed by atoms with Crippen LogP contribution in [0.2, 0.25) is 0 Å². The maximum atomic E-state index is 11.0. The summed E-state index contributed by atoms with van der Waals surface area (Å²) < 4.78 is 5.37. The van der Waals surface area contributed by atoms with Gasteiger partial charge in [0.1, 0.15) is 5.69 Å². The molecule has 14 heavy (non-hydrogen) atoms. The largest absolute Gasteiger partial charge is 0.381 e. The van der Waals surface area contributed by atoms with Crippen LogP contribution < -0.4 is 0 Å². The predicted octanol–water partition coefficient (Wildman–Crippen LogP) is 1.51. The van der Waals surface area contributed by atoms with E-state index in [9.17, 15) is 4.79 Å². The first-order valence-corrected chi connectivity index (χ1v) is 4.91. The van der Waals surface area contributed by atoms with E-state index in [0.717, 1.165) is 31.7 Å². The second-order valence-electron chi connectivity index (χ2n) is 3.68. The van der Waals surface area contributed by atoms with Gasteiger partial charge < -0.3 is 4.74 Å². The van der Waals surface area contributed by atoms with Crippen molar-refractivity contribution in [3.8, 4) is 0 Å². The van der Waals surface area contributed by atoms with E-state index in [2.05, 4.69) is 10.2 Å². The van der Waals surface area contributed by atoms with Crippen molar-refractivity contribution in [3.63, 3.8) is 0 Å². The highest BCUT2D eigenvalue weighted by molar-refractivity contribution is 5.92. The number of aromatic amines is 1. The van der Waals surface area contributed by atoms with Gasteiger partial charge >= 0.3 is 0 Å². The van der Waals surface area contributed by atoms with E-state index in [1.807, 2.05) is 6.07 Å². The van der Waals surface area contributed by atoms with Crippen LogP contribution in [0, 0.1) is 0 Å². The summed E-state index contributed by atoms with van der Waals surface area (Å²) in [6.45, 7) is 3.11. The fourth-order valence-electron chi connectivity index (χ4n) is 1.71. The Balaban J connectivity index is 2.11. The molecule has 1 aliphatic heterocycles. The molecule has 4 nitrogen and oxygen atoms in total. The van der Waals surface area contributed by atoms with E-state index in [1.54, 1.807) is 0 Å². The topological polar surface area (TPSA) is 55.0 Å². The third-order valence-electron chi connectivity index (χ3n) is 2.56. The quantitative estimate of drug-likeness (QED) is 0.726. The number of hydrogen-bond acceptors (Lipinski definition) is 3. The molecule has 1 fully saturated rings. The summed E-state index contributed by atoms with van der Waals surface area (Å²) in [5.74, 6) is 0.383. The van der Waals surface area contributed by atoms with Crippen LogP contribution in [0.5, 0.6) is 0 Å². The lowest BCUT2D eigenvalue weighted by atomic mass is 9.98. The van der Waals surface area contributed by atoms with E-state index in [0.29, 0.717) is 11.6 Å². The number of nitrogens with zero attached hydrogens (tertiary/aromatic N) is 1. The number of aromatic nitrogens is 2. The molecule has 1 saturated heterocycles. The van der Waals surface area contributed by atoms with Crippen LogP contribution in [-0.4, -0.2) is 29.2 Å². The number of nitrogens with one attached hydrogen (secondary N) is 1. The number of hydrogen-bond donors (Lipinski definition) is 1. The van der Waals surface area contributed by atoms with Crippen LogP contribution >= 0.6 is 0 Å². The lowest BCUT2D eigenvalue weighted by molar-refractivity contribution is 0.0793. The Hall–Kier alpha value is -1.16. The zero-order valence-electron chi connectivity index (χ0n) is 8.25. The van der Waals surface area contributed by atoms with Crippen molar-refractivity contribution in [2.75, 3.05) is 13.2 Å². The average Bonchev–Trinajstić information content (AvgIpc) is 2.68. The minimum absolute atomic E-state index is 0.00391. The van der Waals surface area contributed by atoms with Gasteiger partial charge in [0.05, 0.1) is 6.61 Å². The molecule has 0 radical (unpaired) electrons. The van der Waals surface area contributed by atoms with Crippen molar-refractivity contribution >= 4 is 5.78 Å². The number of H-pyrrole nitrogens is 1. The Bertz CT molecular complexity index is 327. The average molecular weight is 194 g/mol. The molecular formula is C10H14N2O2. The minimum Gasteiger partial charge on any atom is -0.381 e. The minimum atomic E-state index is 0.00391. The molecule has 1 aliphatic rings. The summed E-state index contributed by atoms with van der Waals surface area (Å²) in [5, 5.41) is 6.87. The molecule has 1 N–H and O–H groups in total. The monoisotopic (exact) mass is 194 g/mol. The molecule has 76 valence electrons. The molecule has 0 aliphatic carbocycles. The summed E-state index contributed by atoms with van der Waals surface area (Å²) in [7, 11) is 0. The van der Waals surface area contributed by atoms with Crippen molar-refractivity contribution < 1.29 is 9.53 Å². The number of rotatable bonds is 2. The van der Waals surface area contributed by atoms with Crippen LogP contribution in [0.25, 0.3) is 0 Å². The second kappa shape index (κ2) is 3.92. The Morgan fingerprint density at radius 3 is 3.14 bits per heavy atom. The number of carbonyl (C=O) groups is 1. The van der Waals surface area contributed by atoms with Crippen molar-refractivity contribution in [2.45, 2.75) is 25.7 Å². The molecule has 2 heterocycles. The fraction of sp³-hybridized carbons (Fsp3) is 0.600. The van der Waals surface area contributed by atoms with Crippen molar-refractivity contribution in [1.29, 1.82) is 0 Å². The molecule has 1 atom stereocenters. The van der Waals surface area contributed by atoms with Gasteiger partial charge in [-0.3, -0.25) is 9.89 Å². The van der Waals surface area contributed by atoms with Crippen molar-refractivity contribution in [3.05, 3.63) is 17.5 Å². The normalized spacial score (nSPS) is 22.2. The highest BCUT2D eigenvalue weighted by Crippen LogP contribution is 2.24. The summed E-state index contributed by atoms with van der Waals surface area (Å²) in [4.78, 5) is 11.0. The van der Waals surface area contributed by atoms with Crippen LogP contribution in [-0.2, 0) is 4.74 Å². The number of ether oxygens (including phenoxy) is 1. The Morgan fingerprint density at radius 1 is 1.71 bits per heavy atom. The summed E-state index contributed by atoms with van der Waals surface area (Å²) in [6.07, 6.45) is 2.19. The first-order valence-electron chi connectivity index (χ1n) is 4.91. The first kappa shape index (κ1) is 9.40. The molecule has 2 rings (SSSR count). The van der Waals surface area contributed by atoms with Gasteiger partial charge in [0.2, 0.25) is 0 Å². The zero-order valence-corrected chi connectivity index (χ0v) is 8.25. The number of ketones is 1. The lowest BCUT2D eigenvalue weighted by Gasteiger charge is -2.20. The molecule has 0 spiro atoms. The van der Waals surface area contributed by atoms with Crippen LogP contribution in [0.15, 0.2) is 6.07 Å². The number of carbonyl (C=O) groups excluding carboxylic acids is 1. The van der Waals surface area contributed by atoms with E-state index >= 15 is 0 Å². The molecule has 1 aromatic rings. The van der Waals surface area contributed by atoms with Gasteiger partial charge in [0.15, 0.2) is 5.78 Å². The highest BCUT2D eigenvalue weighted by atomic mass is 16.5. The van der Waals surface area contributed by atoms with E-state index in [-0.39, 0.29) is 5.78 Å². The van der Waals surface area contributed by atoms with Crippen LogP contribution in [0.1, 0.15) is 41.9 Å². The van der Waals surface area contributed by atoms with Gasteiger partial charge in [-0.2, -0.15) is 5.10 Å². The molecular weight excluding hydrogens is 180 g/mol. The molecule has 0 amide bonds. The Kier molecular flexibility index (Phi) is 2.63. The maximum Gasteiger partial charge on any atom is 0.179 e. The van der Waals surface area contributed by atoms with E-state index < -0.39 is 0 Å². The Morgan fingerprint density at radius 2 is 2.57 bits per heavy atom. The molecule has 1 unspecified atom stereocenters. The van der Waals surface area contributed by atoms with Crippen LogP contribution in [0.4, 0.5) is 0 Å². The maximum absolute atomic E-state index is 11.0. The predicted molar refractivity (Wildman–Crippen MR) is 51.4 cm³/mol. The van der Waals surface area contributed by atoms with Crippen molar-refractivity contribution in [2.24, 2.45) is 0 Å². The molecule has 0 saturated carbocycles. The SMILES string of the molecule is CC(=O)c1cc(C2CCCOC2)[nH]n1. The summed E-state index contributed by atoms with van der Waals surface area (Å²) in [5.41, 5.74) is 1.54. The fourth-order valence-corrected chi connectivity index (χ4v) is 1.71. The smallest absolute Gasteiger partial charge is 0.179 e.